The normalized spacial score (nSPS) is 12.8. The molecule has 0 atom stereocenters. The van der Waals surface area contributed by atoms with Crippen LogP contribution in [0.15, 0.2) is 29.2 Å². The van der Waals surface area contributed by atoms with Crippen molar-refractivity contribution in [3.05, 3.63) is 30.0 Å². The van der Waals surface area contributed by atoms with Crippen molar-refractivity contribution < 1.29 is 13.5 Å². The van der Waals surface area contributed by atoms with Crippen molar-refractivity contribution in [1.82, 2.24) is 9.78 Å². The van der Waals surface area contributed by atoms with Gasteiger partial charge in [-0.2, -0.15) is 5.10 Å². The second-order valence-electron chi connectivity index (χ2n) is 6.93. The lowest BCUT2D eigenvalue weighted by molar-refractivity contribution is 0.461. The molecule has 0 bridgehead atoms. The topological polar surface area (TPSA) is 72.2 Å². The molecule has 0 unspecified atom stereocenters. The molecule has 0 amide bonds. The Morgan fingerprint density at radius 3 is 2.22 bits per heavy atom. The van der Waals surface area contributed by atoms with E-state index >= 15 is 0 Å². The summed E-state index contributed by atoms with van der Waals surface area (Å²) in [6.07, 6.45) is 0. The number of aromatic hydroxyl groups is 1. The van der Waals surface area contributed by atoms with E-state index in [0.29, 0.717) is 17.0 Å². The highest BCUT2D eigenvalue weighted by atomic mass is 32.2. The second-order valence-corrected chi connectivity index (χ2v) is 9.60. The molecule has 0 fully saturated rings. The van der Waals surface area contributed by atoms with Gasteiger partial charge in [0.05, 0.1) is 15.3 Å². The third-order valence-electron chi connectivity index (χ3n) is 3.85. The quantitative estimate of drug-likeness (QED) is 0.927. The zero-order chi connectivity index (χ0) is 17.6. The number of aromatic nitrogens is 2. The minimum atomic E-state index is -3.56. The van der Waals surface area contributed by atoms with Crippen LogP contribution in [0, 0.1) is 6.92 Å². The first-order valence-electron chi connectivity index (χ1n) is 7.60. The molecule has 1 heterocycles. The van der Waals surface area contributed by atoms with E-state index in [9.17, 15) is 13.5 Å². The van der Waals surface area contributed by atoms with Crippen LogP contribution in [0.2, 0.25) is 0 Å². The molecule has 0 saturated heterocycles. The van der Waals surface area contributed by atoms with E-state index in [4.69, 9.17) is 0 Å². The predicted molar refractivity (Wildman–Crippen MR) is 91.4 cm³/mol. The fourth-order valence-electron chi connectivity index (χ4n) is 2.42. The van der Waals surface area contributed by atoms with Gasteiger partial charge in [-0.1, -0.05) is 18.2 Å². The Kier molecular flexibility index (Phi) is 4.32. The maximum Gasteiger partial charge on any atom is 0.183 e. The smallest absolute Gasteiger partial charge is 0.183 e. The first-order valence-corrected chi connectivity index (χ1v) is 9.09. The number of sulfone groups is 1. The van der Waals surface area contributed by atoms with Crippen LogP contribution in [0.1, 0.15) is 46.4 Å². The number of benzene rings is 1. The van der Waals surface area contributed by atoms with Crippen molar-refractivity contribution in [2.24, 2.45) is 0 Å². The number of rotatable bonds is 3. The molecule has 5 nitrogen and oxygen atoms in total. The van der Waals surface area contributed by atoms with Gasteiger partial charge in [0.15, 0.2) is 15.6 Å². The Morgan fingerprint density at radius 1 is 1.17 bits per heavy atom. The second kappa shape index (κ2) is 5.67. The lowest BCUT2D eigenvalue weighted by Gasteiger charge is -2.21. The van der Waals surface area contributed by atoms with Gasteiger partial charge in [-0.3, -0.25) is 4.68 Å². The highest BCUT2D eigenvalue weighted by Crippen LogP contribution is 2.38. The van der Waals surface area contributed by atoms with Crippen molar-refractivity contribution in [3.8, 4) is 17.0 Å². The molecule has 23 heavy (non-hydrogen) atoms. The lowest BCUT2D eigenvalue weighted by Crippen LogP contribution is -2.28. The number of hydrogen-bond acceptors (Lipinski definition) is 4. The van der Waals surface area contributed by atoms with Crippen molar-refractivity contribution >= 4 is 9.84 Å². The van der Waals surface area contributed by atoms with Gasteiger partial charge in [0, 0.05) is 11.6 Å². The standard InChI is InChI=1S/C17H24N2O3S/c1-11(2)19-12(3)16(20)15(18-19)13-9-7-8-10-14(13)23(21,22)17(4,5)6/h7-11,20H,1-6H3. The van der Waals surface area contributed by atoms with Crippen LogP contribution in [0.3, 0.4) is 0 Å². The monoisotopic (exact) mass is 336 g/mol. The van der Waals surface area contributed by atoms with Gasteiger partial charge < -0.3 is 5.11 Å². The van der Waals surface area contributed by atoms with Gasteiger partial charge in [-0.05, 0) is 47.6 Å². The van der Waals surface area contributed by atoms with E-state index in [-0.39, 0.29) is 16.7 Å². The van der Waals surface area contributed by atoms with Crippen molar-refractivity contribution in [2.45, 2.75) is 57.2 Å². The maximum atomic E-state index is 12.9. The van der Waals surface area contributed by atoms with Gasteiger partial charge >= 0.3 is 0 Å². The first-order chi connectivity index (χ1) is 10.5. The Bertz CT molecular complexity index is 828. The van der Waals surface area contributed by atoms with Gasteiger partial charge in [0.25, 0.3) is 0 Å². The van der Waals surface area contributed by atoms with E-state index < -0.39 is 14.6 Å². The molecule has 0 radical (unpaired) electrons. The summed E-state index contributed by atoms with van der Waals surface area (Å²) in [7, 11) is -3.56. The summed E-state index contributed by atoms with van der Waals surface area (Å²) in [5.74, 6) is 0.0234. The summed E-state index contributed by atoms with van der Waals surface area (Å²) in [4.78, 5) is 0.191. The van der Waals surface area contributed by atoms with E-state index in [2.05, 4.69) is 5.10 Å². The van der Waals surface area contributed by atoms with E-state index in [1.54, 1.807) is 56.6 Å². The van der Waals surface area contributed by atoms with Gasteiger partial charge in [0.2, 0.25) is 0 Å². The summed E-state index contributed by atoms with van der Waals surface area (Å²) in [6.45, 7) is 10.7. The molecule has 126 valence electrons. The van der Waals surface area contributed by atoms with Crippen LogP contribution >= 0.6 is 0 Å². The van der Waals surface area contributed by atoms with E-state index in [0.717, 1.165) is 0 Å². The Balaban J connectivity index is 2.76. The highest BCUT2D eigenvalue weighted by molar-refractivity contribution is 7.92. The minimum absolute atomic E-state index is 0.0234. The minimum Gasteiger partial charge on any atom is -0.504 e. The lowest BCUT2D eigenvalue weighted by atomic mass is 10.1. The molecule has 1 aromatic carbocycles. The zero-order valence-electron chi connectivity index (χ0n) is 14.5. The van der Waals surface area contributed by atoms with Crippen LogP contribution in [0.25, 0.3) is 11.3 Å². The first kappa shape index (κ1) is 17.5. The van der Waals surface area contributed by atoms with Crippen molar-refractivity contribution in [2.75, 3.05) is 0 Å². The Morgan fingerprint density at radius 2 is 1.74 bits per heavy atom. The number of nitrogens with zero attached hydrogens (tertiary/aromatic N) is 2. The maximum absolute atomic E-state index is 12.9. The summed E-state index contributed by atoms with van der Waals surface area (Å²) in [6, 6.07) is 6.76. The third kappa shape index (κ3) is 2.87. The highest BCUT2D eigenvalue weighted by Gasteiger charge is 2.34. The largest absolute Gasteiger partial charge is 0.504 e. The predicted octanol–water partition coefficient (Wildman–Crippen LogP) is 3.72. The molecule has 0 saturated carbocycles. The zero-order valence-corrected chi connectivity index (χ0v) is 15.3. The van der Waals surface area contributed by atoms with Crippen molar-refractivity contribution in [1.29, 1.82) is 0 Å². The molecule has 0 aliphatic carbocycles. The SMILES string of the molecule is Cc1c(O)c(-c2ccccc2S(=O)(=O)C(C)(C)C)nn1C(C)C. The third-order valence-corrected chi connectivity index (χ3v) is 6.39. The number of hydrogen-bond donors (Lipinski definition) is 1. The molecule has 1 aromatic heterocycles. The van der Waals surface area contributed by atoms with Crippen LogP contribution in [0.5, 0.6) is 5.75 Å². The summed E-state index contributed by atoms with van der Waals surface area (Å²) < 4.78 is 26.5. The summed E-state index contributed by atoms with van der Waals surface area (Å²) >= 11 is 0. The fraction of sp³-hybridized carbons (Fsp3) is 0.471. The van der Waals surface area contributed by atoms with Crippen molar-refractivity contribution in [3.63, 3.8) is 0 Å². The van der Waals surface area contributed by atoms with Gasteiger partial charge in [0.1, 0.15) is 5.69 Å². The average Bonchev–Trinajstić information content (AvgIpc) is 2.74. The molecule has 2 aromatic rings. The van der Waals surface area contributed by atoms with E-state index in [1.165, 1.54) is 0 Å². The molecular formula is C17H24N2O3S. The van der Waals surface area contributed by atoms with Crippen LogP contribution < -0.4 is 0 Å². The molecule has 0 spiro atoms. The molecule has 6 heteroatoms. The molecule has 1 N–H and O–H groups in total. The molecule has 0 aliphatic rings. The van der Waals surface area contributed by atoms with Crippen LogP contribution in [-0.4, -0.2) is 28.1 Å². The van der Waals surface area contributed by atoms with Crippen LogP contribution in [0.4, 0.5) is 0 Å². The molecule has 2 rings (SSSR count). The van der Waals surface area contributed by atoms with E-state index in [1.807, 2.05) is 13.8 Å². The van der Waals surface area contributed by atoms with Crippen LogP contribution in [-0.2, 0) is 9.84 Å². The van der Waals surface area contributed by atoms with Gasteiger partial charge in [-0.25, -0.2) is 8.42 Å². The molecular weight excluding hydrogens is 312 g/mol. The van der Waals surface area contributed by atoms with Gasteiger partial charge in [-0.15, -0.1) is 0 Å². The average molecular weight is 336 g/mol. The Labute approximate surface area is 137 Å². The summed E-state index contributed by atoms with van der Waals surface area (Å²) in [5, 5.41) is 14.9. The fourth-order valence-corrected chi connectivity index (χ4v) is 3.79. The molecule has 0 aliphatic heterocycles. The summed E-state index contributed by atoms with van der Waals surface area (Å²) in [5.41, 5.74) is 1.36. The Hall–Kier alpha value is -1.82.